The van der Waals surface area contributed by atoms with Crippen molar-refractivity contribution in [2.45, 2.75) is 26.9 Å². The van der Waals surface area contributed by atoms with E-state index in [1.54, 1.807) is 19.1 Å². The van der Waals surface area contributed by atoms with Crippen molar-refractivity contribution in [3.8, 4) is 0 Å². The molecule has 2 heterocycles. The molecule has 0 spiro atoms. The number of aryl methyl sites for hydroxylation is 2. The Morgan fingerprint density at radius 2 is 2.14 bits per heavy atom. The van der Waals surface area contributed by atoms with Gasteiger partial charge in [-0.25, -0.2) is 14.8 Å². The first-order chi connectivity index (χ1) is 9.97. The van der Waals surface area contributed by atoms with Crippen LogP contribution in [0.3, 0.4) is 0 Å². The fraction of sp³-hybridized carbons (Fsp3) is 0.357. The highest BCUT2D eigenvalue weighted by atomic mass is 16.4. The number of aliphatic hydroxyl groups is 1. The number of nitrogens with zero attached hydrogens (tertiary/aromatic N) is 2. The molecule has 0 saturated heterocycles. The molecule has 7 nitrogen and oxygen atoms in total. The van der Waals surface area contributed by atoms with E-state index in [9.17, 15) is 9.90 Å². The minimum absolute atomic E-state index is 0.0431. The fourth-order valence-corrected chi connectivity index (χ4v) is 1.81. The molecule has 7 heteroatoms. The normalized spacial score (nSPS) is 12.0. The Morgan fingerprint density at radius 1 is 1.38 bits per heavy atom. The van der Waals surface area contributed by atoms with Crippen molar-refractivity contribution in [3.05, 3.63) is 41.2 Å². The molecule has 0 fully saturated rings. The van der Waals surface area contributed by atoms with Crippen LogP contribution in [-0.4, -0.2) is 27.7 Å². The molecule has 2 rings (SSSR count). The van der Waals surface area contributed by atoms with E-state index in [-0.39, 0.29) is 6.54 Å². The second-order valence-electron chi connectivity index (χ2n) is 4.70. The summed E-state index contributed by atoms with van der Waals surface area (Å²) < 4.78 is 5.05. The van der Waals surface area contributed by atoms with Gasteiger partial charge in [0.25, 0.3) is 0 Å². The molecule has 0 bridgehead atoms. The van der Waals surface area contributed by atoms with Crippen LogP contribution in [0.5, 0.6) is 0 Å². The Hall–Kier alpha value is -2.41. The fourth-order valence-electron chi connectivity index (χ4n) is 1.81. The van der Waals surface area contributed by atoms with Crippen molar-refractivity contribution in [1.29, 1.82) is 0 Å². The number of carbonyl (C=O) groups excluding carboxylic acids is 1. The summed E-state index contributed by atoms with van der Waals surface area (Å²) in [6.45, 7) is 5.49. The van der Waals surface area contributed by atoms with E-state index in [1.165, 1.54) is 6.26 Å². The first-order valence-electron chi connectivity index (χ1n) is 6.55. The molecule has 112 valence electrons. The zero-order valence-electron chi connectivity index (χ0n) is 12.2. The third-order valence-electron chi connectivity index (χ3n) is 3.06. The molecule has 0 aromatic carbocycles. The van der Waals surface area contributed by atoms with E-state index in [2.05, 4.69) is 20.6 Å². The van der Waals surface area contributed by atoms with Gasteiger partial charge in [-0.05, 0) is 32.9 Å². The molecule has 21 heavy (non-hydrogen) atoms. The quantitative estimate of drug-likeness (QED) is 0.798. The lowest BCUT2D eigenvalue weighted by molar-refractivity contribution is 0.149. The number of anilines is 1. The van der Waals surface area contributed by atoms with Gasteiger partial charge in [0.2, 0.25) is 0 Å². The SMILES string of the molecule is Cc1nc(C)c(C)c(NC(=O)NCC(O)c2ccco2)n1. The molecule has 1 unspecified atom stereocenters. The van der Waals surface area contributed by atoms with Crippen LogP contribution >= 0.6 is 0 Å². The molecule has 1 atom stereocenters. The van der Waals surface area contributed by atoms with E-state index in [0.717, 1.165) is 11.3 Å². The highest BCUT2D eigenvalue weighted by Crippen LogP contribution is 2.15. The zero-order valence-corrected chi connectivity index (χ0v) is 12.2. The van der Waals surface area contributed by atoms with Crippen LogP contribution in [0, 0.1) is 20.8 Å². The maximum Gasteiger partial charge on any atom is 0.320 e. The van der Waals surface area contributed by atoms with Gasteiger partial charge >= 0.3 is 6.03 Å². The number of furan rings is 1. The largest absolute Gasteiger partial charge is 0.467 e. The maximum absolute atomic E-state index is 11.8. The summed E-state index contributed by atoms with van der Waals surface area (Å²) in [4.78, 5) is 20.2. The number of hydrogen-bond donors (Lipinski definition) is 3. The Labute approximate surface area is 122 Å². The van der Waals surface area contributed by atoms with Crippen LogP contribution in [0.2, 0.25) is 0 Å². The van der Waals surface area contributed by atoms with Gasteiger partial charge < -0.3 is 14.8 Å². The lowest BCUT2D eigenvalue weighted by Crippen LogP contribution is -2.33. The van der Waals surface area contributed by atoms with Crippen molar-refractivity contribution >= 4 is 11.8 Å². The summed E-state index contributed by atoms with van der Waals surface area (Å²) >= 11 is 0. The van der Waals surface area contributed by atoms with Gasteiger partial charge in [0.1, 0.15) is 23.5 Å². The van der Waals surface area contributed by atoms with Gasteiger partial charge in [0.05, 0.1) is 12.8 Å². The molecule has 0 aliphatic heterocycles. The number of urea groups is 1. The maximum atomic E-state index is 11.8. The topological polar surface area (TPSA) is 100 Å². The number of rotatable bonds is 4. The Bertz CT molecular complexity index is 625. The highest BCUT2D eigenvalue weighted by Gasteiger charge is 2.13. The predicted octanol–water partition coefficient (Wildman–Crippen LogP) is 1.85. The second-order valence-corrected chi connectivity index (χ2v) is 4.70. The van der Waals surface area contributed by atoms with Crippen molar-refractivity contribution in [3.63, 3.8) is 0 Å². The minimum Gasteiger partial charge on any atom is -0.467 e. The summed E-state index contributed by atoms with van der Waals surface area (Å²) in [5.74, 6) is 1.45. The number of amides is 2. The number of aromatic nitrogens is 2. The van der Waals surface area contributed by atoms with Crippen molar-refractivity contribution < 1.29 is 14.3 Å². The Balaban J connectivity index is 1.93. The number of hydrogen-bond acceptors (Lipinski definition) is 5. The van der Waals surface area contributed by atoms with E-state index in [1.807, 2.05) is 13.8 Å². The first-order valence-corrected chi connectivity index (χ1v) is 6.55. The number of nitrogens with one attached hydrogen (secondary N) is 2. The van der Waals surface area contributed by atoms with Gasteiger partial charge in [0.15, 0.2) is 0 Å². The predicted molar refractivity (Wildman–Crippen MR) is 76.9 cm³/mol. The molecule has 0 radical (unpaired) electrons. The van der Waals surface area contributed by atoms with Crippen LogP contribution in [0.15, 0.2) is 22.8 Å². The molecular weight excluding hydrogens is 272 g/mol. The van der Waals surface area contributed by atoms with Gasteiger partial charge in [-0.3, -0.25) is 5.32 Å². The molecular formula is C14H18N4O3. The van der Waals surface area contributed by atoms with E-state index in [4.69, 9.17) is 4.42 Å². The van der Waals surface area contributed by atoms with Crippen molar-refractivity contribution in [2.24, 2.45) is 0 Å². The summed E-state index contributed by atoms with van der Waals surface area (Å²) in [6, 6.07) is 2.88. The van der Waals surface area contributed by atoms with Crippen molar-refractivity contribution in [2.75, 3.05) is 11.9 Å². The van der Waals surface area contributed by atoms with Crippen molar-refractivity contribution in [1.82, 2.24) is 15.3 Å². The molecule has 0 saturated carbocycles. The average molecular weight is 290 g/mol. The van der Waals surface area contributed by atoms with Crippen LogP contribution in [0.25, 0.3) is 0 Å². The van der Waals surface area contributed by atoms with Gasteiger partial charge in [-0.1, -0.05) is 0 Å². The summed E-state index contributed by atoms with van der Waals surface area (Å²) in [5, 5.41) is 15.0. The van der Waals surface area contributed by atoms with E-state index < -0.39 is 12.1 Å². The molecule has 0 aliphatic rings. The zero-order chi connectivity index (χ0) is 15.4. The van der Waals surface area contributed by atoms with Crippen LogP contribution in [0.1, 0.15) is 28.9 Å². The van der Waals surface area contributed by atoms with Crippen LogP contribution in [-0.2, 0) is 0 Å². The first kappa shape index (κ1) is 15.0. The molecule has 0 aliphatic carbocycles. The van der Waals surface area contributed by atoms with Crippen LogP contribution < -0.4 is 10.6 Å². The molecule has 2 aromatic heterocycles. The molecule has 2 amide bonds. The highest BCUT2D eigenvalue weighted by molar-refractivity contribution is 5.89. The summed E-state index contributed by atoms with van der Waals surface area (Å²) in [6.07, 6.45) is 0.578. The molecule has 2 aromatic rings. The second kappa shape index (κ2) is 6.36. The Morgan fingerprint density at radius 3 is 2.81 bits per heavy atom. The third-order valence-corrected chi connectivity index (χ3v) is 3.06. The standard InChI is InChI=1S/C14H18N4O3/c1-8-9(2)16-10(3)17-13(8)18-14(20)15-7-11(19)12-5-4-6-21-12/h4-6,11,19H,7H2,1-3H3,(H2,15,16,17,18,20). The monoisotopic (exact) mass is 290 g/mol. The van der Waals surface area contributed by atoms with Crippen LogP contribution in [0.4, 0.5) is 10.6 Å². The van der Waals surface area contributed by atoms with Gasteiger partial charge in [-0.15, -0.1) is 0 Å². The van der Waals surface area contributed by atoms with Gasteiger partial charge in [-0.2, -0.15) is 0 Å². The smallest absolute Gasteiger partial charge is 0.320 e. The van der Waals surface area contributed by atoms with E-state index >= 15 is 0 Å². The Kier molecular flexibility index (Phi) is 4.54. The van der Waals surface area contributed by atoms with E-state index in [0.29, 0.717) is 17.4 Å². The third kappa shape index (κ3) is 3.79. The molecule has 3 N–H and O–H groups in total. The lowest BCUT2D eigenvalue weighted by Gasteiger charge is -2.12. The summed E-state index contributed by atoms with van der Waals surface area (Å²) in [7, 11) is 0. The average Bonchev–Trinajstić information content (AvgIpc) is 2.95. The summed E-state index contributed by atoms with van der Waals surface area (Å²) in [5.41, 5.74) is 1.62. The lowest BCUT2D eigenvalue weighted by atomic mass is 10.2. The number of carbonyl (C=O) groups is 1. The minimum atomic E-state index is -0.888. The van der Waals surface area contributed by atoms with Gasteiger partial charge in [0, 0.05) is 11.3 Å². The number of aliphatic hydroxyl groups excluding tert-OH is 1.